The van der Waals surface area contributed by atoms with Gasteiger partial charge in [0, 0.05) is 17.5 Å². The van der Waals surface area contributed by atoms with Crippen molar-refractivity contribution in [1.29, 1.82) is 5.26 Å². The summed E-state index contributed by atoms with van der Waals surface area (Å²) >= 11 is 6.26. The van der Waals surface area contributed by atoms with E-state index < -0.39 is 6.04 Å². The summed E-state index contributed by atoms with van der Waals surface area (Å²) < 4.78 is 5.08. The fraction of sp³-hybridized carbons (Fsp3) is 0.625. The number of carbonyl (C=O) groups excluding carboxylic acids is 1. The van der Waals surface area contributed by atoms with E-state index in [9.17, 15) is 4.79 Å². The van der Waals surface area contributed by atoms with Crippen molar-refractivity contribution in [2.75, 3.05) is 12.4 Å². The average molecular weight is 365 g/mol. The minimum Gasteiger partial charge on any atom is -0.480 e. The number of nitrogens with one attached hydrogen (secondary N) is 3. The van der Waals surface area contributed by atoms with Gasteiger partial charge < -0.3 is 15.4 Å². The van der Waals surface area contributed by atoms with E-state index in [-0.39, 0.29) is 40.9 Å². The molecule has 25 heavy (non-hydrogen) atoms. The van der Waals surface area contributed by atoms with Crippen LogP contribution >= 0.6 is 11.6 Å². The van der Waals surface area contributed by atoms with E-state index in [2.05, 4.69) is 25.9 Å². The highest BCUT2D eigenvalue weighted by Gasteiger charge is 2.40. The van der Waals surface area contributed by atoms with Gasteiger partial charge in [0.2, 0.25) is 17.7 Å². The number of amides is 1. The fourth-order valence-electron chi connectivity index (χ4n) is 3.38. The number of nitriles is 1. The van der Waals surface area contributed by atoms with Gasteiger partial charge in [-0.25, -0.2) is 4.98 Å². The molecule has 0 aromatic carbocycles. The molecule has 1 aliphatic carbocycles. The smallest absolute Gasteiger partial charge is 0.239 e. The molecular formula is C16H21ClN6O2. The van der Waals surface area contributed by atoms with Crippen LogP contribution in [0.2, 0.25) is 0 Å². The van der Waals surface area contributed by atoms with Crippen LogP contribution in [-0.4, -0.2) is 52.5 Å². The molecule has 0 radical (unpaired) electrons. The molecule has 1 saturated carbocycles. The van der Waals surface area contributed by atoms with Gasteiger partial charge >= 0.3 is 0 Å². The number of rotatable bonds is 4. The summed E-state index contributed by atoms with van der Waals surface area (Å²) in [5.74, 6) is 0.458. The molecule has 134 valence electrons. The maximum Gasteiger partial charge on any atom is 0.239 e. The second kappa shape index (κ2) is 7.42. The summed E-state index contributed by atoms with van der Waals surface area (Å²) in [5.41, 5.74) is 0.257. The lowest BCUT2D eigenvalue weighted by molar-refractivity contribution is -0.127. The molecule has 1 aliphatic heterocycles. The Kier molecular flexibility index (Phi) is 5.25. The molecule has 0 spiro atoms. The molecule has 5 atom stereocenters. The van der Waals surface area contributed by atoms with Crippen LogP contribution in [0.5, 0.6) is 5.88 Å². The summed E-state index contributed by atoms with van der Waals surface area (Å²) in [6, 6.07) is 1.59. The van der Waals surface area contributed by atoms with Crippen LogP contribution < -0.4 is 20.7 Å². The second-order valence-electron chi connectivity index (χ2n) is 6.44. The standard InChI is InChI=1S/C16H21ClN6O2/c1-8(20-16-19-7-9(6-18)15(23-16)25-2)13-14(24)22-11-4-3-10(17)5-12(11)21-13/h7-8,10-13,21H,3-5H2,1-2H3,(H,22,24)(H,19,20,23)/t8-,10?,11?,12?,13?/m1/s1. The SMILES string of the molecule is COc1nc(N[C@H](C)C2NC3CC(Cl)CCC3NC2=O)ncc1C#N. The van der Waals surface area contributed by atoms with Gasteiger partial charge in [0.25, 0.3) is 0 Å². The summed E-state index contributed by atoms with van der Waals surface area (Å²) in [6.07, 6.45) is 4.03. The summed E-state index contributed by atoms with van der Waals surface area (Å²) in [5, 5.41) is 18.7. The molecule has 0 bridgehead atoms. The van der Waals surface area contributed by atoms with Crippen LogP contribution in [0, 0.1) is 11.3 Å². The average Bonchev–Trinajstić information content (AvgIpc) is 2.61. The van der Waals surface area contributed by atoms with Crippen LogP contribution in [0.15, 0.2) is 6.20 Å². The van der Waals surface area contributed by atoms with Crippen LogP contribution in [-0.2, 0) is 4.79 Å². The highest BCUT2D eigenvalue weighted by Crippen LogP contribution is 2.26. The van der Waals surface area contributed by atoms with Gasteiger partial charge in [-0.2, -0.15) is 10.2 Å². The number of halogens is 1. The minimum atomic E-state index is -0.423. The van der Waals surface area contributed by atoms with Crippen molar-refractivity contribution < 1.29 is 9.53 Å². The van der Waals surface area contributed by atoms with Crippen molar-refractivity contribution in [3.63, 3.8) is 0 Å². The maximum absolute atomic E-state index is 12.4. The summed E-state index contributed by atoms with van der Waals surface area (Å²) in [6.45, 7) is 1.88. The number of methoxy groups -OCH3 is 1. The number of anilines is 1. The molecule has 8 nitrogen and oxygen atoms in total. The van der Waals surface area contributed by atoms with E-state index >= 15 is 0 Å². The molecule has 1 amide bonds. The maximum atomic E-state index is 12.4. The molecule has 9 heteroatoms. The van der Waals surface area contributed by atoms with E-state index in [1.165, 1.54) is 13.3 Å². The highest BCUT2D eigenvalue weighted by molar-refractivity contribution is 6.20. The predicted octanol–water partition coefficient (Wildman–Crippen LogP) is 0.774. The third-order valence-electron chi connectivity index (χ3n) is 4.71. The topological polar surface area (TPSA) is 112 Å². The highest BCUT2D eigenvalue weighted by atomic mass is 35.5. The van der Waals surface area contributed by atoms with Gasteiger partial charge in [-0.3, -0.25) is 10.1 Å². The van der Waals surface area contributed by atoms with Gasteiger partial charge in [0.05, 0.1) is 19.3 Å². The lowest BCUT2D eigenvalue weighted by atomic mass is 9.86. The molecular weight excluding hydrogens is 344 g/mol. The molecule has 1 aromatic heterocycles. The molecule has 2 heterocycles. The minimum absolute atomic E-state index is 0.0464. The number of alkyl halides is 1. The van der Waals surface area contributed by atoms with Crippen LogP contribution in [0.3, 0.4) is 0 Å². The Hall–Kier alpha value is -2.11. The quantitative estimate of drug-likeness (QED) is 0.676. The summed E-state index contributed by atoms with van der Waals surface area (Å²) in [4.78, 5) is 20.7. The first-order valence-electron chi connectivity index (χ1n) is 8.30. The molecule has 4 unspecified atom stereocenters. The first-order valence-corrected chi connectivity index (χ1v) is 8.73. The van der Waals surface area contributed by atoms with E-state index in [4.69, 9.17) is 21.6 Å². The Labute approximate surface area is 151 Å². The lowest BCUT2D eigenvalue weighted by Gasteiger charge is -2.43. The summed E-state index contributed by atoms with van der Waals surface area (Å²) in [7, 11) is 1.44. The number of ether oxygens (including phenoxy) is 1. The van der Waals surface area contributed by atoms with Crippen LogP contribution in [0.25, 0.3) is 0 Å². The van der Waals surface area contributed by atoms with Gasteiger partial charge in [-0.1, -0.05) is 0 Å². The Morgan fingerprint density at radius 3 is 3.00 bits per heavy atom. The zero-order valence-corrected chi connectivity index (χ0v) is 14.9. The number of piperazine rings is 1. The number of aromatic nitrogens is 2. The van der Waals surface area contributed by atoms with Crippen molar-refractivity contribution in [2.45, 2.75) is 55.7 Å². The first-order chi connectivity index (χ1) is 12.0. The third-order valence-corrected chi connectivity index (χ3v) is 5.11. The number of hydrogen-bond acceptors (Lipinski definition) is 7. The van der Waals surface area contributed by atoms with Crippen molar-refractivity contribution in [2.24, 2.45) is 0 Å². The zero-order valence-electron chi connectivity index (χ0n) is 14.1. The lowest BCUT2D eigenvalue weighted by Crippen LogP contribution is -2.68. The molecule has 1 aromatic rings. The van der Waals surface area contributed by atoms with E-state index in [1.54, 1.807) is 0 Å². The predicted molar refractivity (Wildman–Crippen MR) is 92.5 cm³/mol. The van der Waals surface area contributed by atoms with Crippen LogP contribution in [0.4, 0.5) is 5.95 Å². The molecule has 2 fully saturated rings. The molecule has 3 rings (SSSR count). The van der Waals surface area contributed by atoms with E-state index in [0.717, 1.165) is 19.3 Å². The first kappa shape index (κ1) is 17.7. The van der Waals surface area contributed by atoms with Crippen molar-refractivity contribution in [3.8, 4) is 11.9 Å². The Morgan fingerprint density at radius 1 is 1.48 bits per heavy atom. The van der Waals surface area contributed by atoms with Gasteiger partial charge in [0.1, 0.15) is 17.7 Å². The van der Waals surface area contributed by atoms with Crippen molar-refractivity contribution in [3.05, 3.63) is 11.8 Å². The number of fused-ring (bicyclic) bond motifs is 1. The van der Waals surface area contributed by atoms with Crippen molar-refractivity contribution >= 4 is 23.5 Å². The zero-order chi connectivity index (χ0) is 18.0. The Bertz CT molecular complexity index is 694. The monoisotopic (exact) mass is 364 g/mol. The van der Waals surface area contributed by atoms with E-state index in [0.29, 0.717) is 5.95 Å². The van der Waals surface area contributed by atoms with Gasteiger partial charge in [-0.05, 0) is 26.2 Å². The normalized spacial score (nSPS) is 29.8. The Balaban J connectivity index is 1.69. The molecule has 1 saturated heterocycles. The molecule has 2 aliphatic rings. The van der Waals surface area contributed by atoms with Crippen LogP contribution in [0.1, 0.15) is 31.7 Å². The number of carbonyl (C=O) groups is 1. The number of nitrogens with zero attached hydrogens (tertiary/aromatic N) is 3. The third kappa shape index (κ3) is 3.78. The number of hydrogen-bond donors (Lipinski definition) is 3. The second-order valence-corrected chi connectivity index (χ2v) is 7.05. The van der Waals surface area contributed by atoms with E-state index in [1.807, 2.05) is 13.0 Å². The largest absolute Gasteiger partial charge is 0.480 e. The van der Waals surface area contributed by atoms with Gasteiger partial charge in [-0.15, -0.1) is 11.6 Å². The molecule has 3 N–H and O–H groups in total. The fourth-order valence-corrected chi connectivity index (χ4v) is 3.70. The van der Waals surface area contributed by atoms with Gasteiger partial charge in [0.15, 0.2) is 0 Å². The Morgan fingerprint density at radius 2 is 2.28 bits per heavy atom. The van der Waals surface area contributed by atoms with Crippen molar-refractivity contribution in [1.82, 2.24) is 20.6 Å².